The Balaban J connectivity index is 1.07. The van der Waals surface area contributed by atoms with Gasteiger partial charge < -0.3 is 155 Å². The molecule has 36 heteroatoms. The molecule has 6 heterocycles. The van der Waals surface area contributed by atoms with Crippen LogP contribution in [0.5, 0.6) is 5.75 Å². The van der Waals surface area contributed by atoms with Gasteiger partial charge in [-0.05, 0) is 31.5 Å². The van der Waals surface area contributed by atoms with E-state index in [4.69, 9.17) is 61.6 Å². The molecule has 566 valence electrons. The van der Waals surface area contributed by atoms with Crippen LogP contribution in [-0.4, -0.2) is 327 Å². The standard InChI is InChI=1S/C63H103N5O31/c1-8-9-10-11-12-13-14-15-16-20-88-33-19-17-18-32(21-33)57(85)68-40-46(79)45(78)34(22-69)92-59(40)96-52-35(23-70)93-60(41(48(52)81)65-29(4)74)97-53-36(24-71)94-61(42(49(53)82)66-30(5)75)98-54-37(25-72)95-62(43(50(54)83)67-31(6)76)99-55-38(91-58(86)39(47(55)80)64-28(3)73)26-89-63-56(87-7)51(84)44(77)27(2)90-63/h17-19,21,27,34-56,58-63,69-72,77-84,86H,8-16,20,22-26H2,1-7H3,(H,64,73)(H,65,74)(H,66,75)(H,67,76)(H,68,85)/t27?,34?,35?,36?,37?,38?,39-,40-,41?,42-,43?,44?,45+,46+,47+,48?,49+,50?,51-,52+,53?,54+,55?,56+,58+,59?,60-,61-,62?,63+/m0/s1. The van der Waals surface area contributed by atoms with Crippen molar-refractivity contribution in [1.29, 1.82) is 0 Å². The fourth-order valence-electron chi connectivity index (χ4n) is 13.0. The van der Waals surface area contributed by atoms with Gasteiger partial charge in [-0.1, -0.05) is 64.4 Å². The molecule has 0 radical (unpaired) electrons. The molecule has 15 unspecified atom stereocenters. The molecule has 18 N–H and O–H groups in total. The van der Waals surface area contributed by atoms with Gasteiger partial charge in [-0.15, -0.1) is 0 Å². The molecule has 6 fully saturated rings. The van der Waals surface area contributed by atoms with Crippen LogP contribution in [0, 0.1) is 0 Å². The molecule has 1 aromatic carbocycles. The van der Waals surface area contributed by atoms with Crippen LogP contribution in [0.15, 0.2) is 24.3 Å². The Morgan fingerprint density at radius 1 is 0.434 bits per heavy atom. The number of aliphatic hydroxyl groups is 13. The Bertz CT molecular complexity index is 2680. The number of amides is 5. The number of unbranched alkanes of at least 4 members (excludes halogenated alkanes) is 8. The summed E-state index contributed by atoms with van der Waals surface area (Å²) >= 11 is 0. The third-order valence-electron chi connectivity index (χ3n) is 18.2. The largest absolute Gasteiger partial charge is 0.494 e. The number of benzene rings is 1. The monoisotopic (exact) mass is 1430 g/mol. The smallest absolute Gasteiger partial charge is 0.251 e. The quantitative estimate of drug-likeness (QED) is 0.0291. The maximum absolute atomic E-state index is 14.0. The average Bonchev–Trinajstić information content (AvgIpc) is 0.791. The molecule has 36 nitrogen and oxygen atoms in total. The molecule has 0 bridgehead atoms. The van der Waals surface area contributed by atoms with Gasteiger partial charge in [-0.3, -0.25) is 24.0 Å². The highest BCUT2D eigenvalue weighted by atomic mass is 16.8. The van der Waals surface area contributed by atoms with Crippen molar-refractivity contribution < 1.29 is 152 Å². The fourth-order valence-corrected chi connectivity index (χ4v) is 13.0. The molecule has 0 aromatic heterocycles. The van der Waals surface area contributed by atoms with E-state index < -0.39 is 246 Å². The lowest BCUT2D eigenvalue weighted by Crippen LogP contribution is -2.72. The second kappa shape index (κ2) is 38.8. The number of rotatable bonds is 33. The van der Waals surface area contributed by atoms with Crippen LogP contribution >= 0.6 is 0 Å². The Hall–Kier alpha value is -4.63. The SMILES string of the molecule is CCCCCCCCCCCOc1cccc(C(=O)N[C@@H]2C(O[C@@H]3C(CO)O[C@@H](OC4C(CO)O[C@@H](O[C@@H]5C(CO)OC(OC6C(CO[C@@H]7OC(C)C(O)[C@H](O)[C@H]7OC)O[C@@H](O)[C@@H](NC(C)=O)[C@H]6O)C(NC(C)=O)C5O)[C@@H](NC(C)=O)[C@H]4O)C(NC(C)=O)C3O)OC(CO)[C@@H](O)[C@@H]2O)c1. The second-order valence-electron chi connectivity index (χ2n) is 25.6. The summed E-state index contributed by atoms with van der Waals surface area (Å²) in [5.41, 5.74) is 0.0622. The minimum absolute atomic E-state index is 0.0622. The predicted octanol–water partition coefficient (Wildman–Crippen LogP) is -6.50. The molecule has 0 aliphatic carbocycles. The maximum atomic E-state index is 14.0. The molecule has 0 saturated carbocycles. The van der Waals surface area contributed by atoms with Gasteiger partial charge in [-0.2, -0.15) is 0 Å². The first-order chi connectivity index (χ1) is 47.2. The van der Waals surface area contributed by atoms with E-state index in [1.54, 1.807) is 12.1 Å². The molecule has 1 aromatic rings. The van der Waals surface area contributed by atoms with Gasteiger partial charge in [0, 0.05) is 40.4 Å². The van der Waals surface area contributed by atoms with E-state index in [2.05, 4.69) is 33.5 Å². The van der Waals surface area contributed by atoms with Crippen molar-refractivity contribution in [2.24, 2.45) is 0 Å². The Labute approximate surface area is 572 Å². The first-order valence-electron chi connectivity index (χ1n) is 33.6. The van der Waals surface area contributed by atoms with E-state index in [0.717, 1.165) is 53.4 Å². The Morgan fingerprint density at radius 2 is 0.838 bits per heavy atom. The average molecular weight is 1430 g/mol. The summed E-state index contributed by atoms with van der Waals surface area (Å²) in [5, 5.41) is 159. The van der Waals surface area contributed by atoms with Crippen LogP contribution < -0.4 is 31.3 Å². The molecule has 6 saturated heterocycles. The minimum atomic E-state index is -2.06. The van der Waals surface area contributed by atoms with Crippen LogP contribution in [0.3, 0.4) is 0 Å². The van der Waals surface area contributed by atoms with Gasteiger partial charge in [0.1, 0.15) is 146 Å². The van der Waals surface area contributed by atoms with Gasteiger partial charge in [0.2, 0.25) is 23.6 Å². The first kappa shape index (κ1) is 81.7. The van der Waals surface area contributed by atoms with Gasteiger partial charge >= 0.3 is 0 Å². The second-order valence-corrected chi connectivity index (χ2v) is 25.6. The van der Waals surface area contributed by atoms with E-state index in [-0.39, 0.29) is 5.56 Å². The lowest BCUT2D eigenvalue weighted by Gasteiger charge is -2.51. The minimum Gasteiger partial charge on any atom is -0.494 e. The van der Waals surface area contributed by atoms with Crippen LogP contribution in [0.25, 0.3) is 0 Å². The lowest BCUT2D eigenvalue weighted by atomic mass is 9.93. The number of hydrogen-bond donors (Lipinski definition) is 18. The molecule has 5 amide bonds. The van der Waals surface area contributed by atoms with E-state index in [0.29, 0.717) is 12.4 Å². The molecule has 6 aliphatic rings. The van der Waals surface area contributed by atoms with Crippen molar-refractivity contribution >= 4 is 29.5 Å². The van der Waals surface area contributed by atoms with Crippen molar-refractivity contribution in [1.82, 2.24) is 26.6 Å². The van der Waals surface area contributed by atoms with Crippen molar-refractivity contribution in [2.75, 3.05) is 46.8 Å². The maximum Gasteiger partial charge on any atom is 0.251 e. The van der Waals surface area contributed by atoms with E-state index in [9.17, 15) is 90.4 Å². The van der Waals surface area contributed by atoms with Crippen LogP contribution in [0.4, 0.5) is 0 Å². The van der Waals surface area contributed by atoms with E-state index in [1.165, 1.54) is 58.3 Å². The fraction of sp³-hybridized carbons (Fsp3) is 0.825. The number of hydrogen-bond acceptors (Lipinski definition) is 31. The molecular weight excluding hydrogens is 1320 g/mol. The summed E-state index contributed by atoms with van der Waals surface area (Å²) in [6.07, 6.45) is -33.4. The highest BCUT2D eigenvalue weighted by molar-refractivity contribution is 5.94. The van der Waals surface area contributed by atoms with Crippen LogP contribution in [0.1, 0.15) is 110 Å². The Kier molecular flexibility index (Phi) is 32.0. The molecule has 7 rings (SSSR count). The molecule has 0 spiro atoms. The summed E-state index contributed by atoms with van der Waals surface area (Å²) < 4.78 is 78.0. The van der Waals surface area contributed by atoms with Crippen molar-refractivity contribution in [3.05, 3.63) is 29.8 Å². The number of nitrogens with one attached hydrogen (secondary N) is 5. The molecule has 6 aliphatic heterocycles. The van der Waals surface area contributed by atoms with E-state index >= 15 is 0 Å². The number of aliphatic hydroxyl groups excluding tert-OH is 13. The predicted molar refractivity (Wildman–Crippen MR) is 333 cm³/mol. The summed E-state index contributed by atoms with van der Waals surface area (Å²) in [6.45, 7) is 3.61. The van der Waals surface area contributed by atoms with Crippen molar-refractivity contribution in [3.8, 4) is 5.75 Å². The normalized spacial score (nSPS) is 39.5. The highest BCUT2D eigenvalue weighted by Gasteiger charge is 2.58. The van der Waals surface area contributed by atoms with Gasteiger partial charge in [0.25, 0.3) is 5.91 Å². The van der Waals surface area contributed by atoms with Gasteiger partial charge in [0.05, 0.1) is 45.7 Å². The summed E-state index contributed by atoms with van der Waals surface area (Å²) in [6, 6.07) is -2.38. The zero-order valence-corrected chi connectivity index (χ0v) is 56.4. The number of carbonyl (C=O) groups excluding carboxylic acids is 5. The summed E-state index contributed by atoms with van der Waals surface area (Å²) in [4.78, 5) is 65.1. The van der Waals surface area contributed by atoms with E-state index in [1.807, 2.05) is 0 Å². The van der Waals surface area contributed by atoms with Crippen molar-refractivity contribution in [2.45, 2.75) is 283 Å². The summed E-state index contributed by atoms with van der Waals surface area (Å²) in [7, 11) is 1.21. The topological polar surface area (TPSA) is 528 Å². The number of methoxy groups -OCH3 is 1. The lowest BCUT2D eigenvalue weighted by molar-refractivity contribution is -0.368. The molecule has 99 heavy (non-hydrogen) atoms. The third kappa shape index (κ3) is 21.1. The number of carbonyl (C=O) groups is 5. The van der Waals surface area contributed by atoms with Gasteiger partial charge in [0.15, 0.2) is 37.7 Å². The zero-order chi connectivity index (χ0) is 72.5. The summed E-state index contributed by atoms with van der Waals surface area (Å²) in [5.74, 6) is -3.63. The van der Waals surface area contributed by atoms with Crippen molar-refractivity contribution in [3.63, 3.8) is 0 Å². The number of ether oxygens (including phenoxy) is 13. The van der Waals surface area contributed by atoms with Crippen LogP contribution in [0.2, 0.25) is 0 Å². The van der Waals surface area contributed by atoms with Gasteiger partial charge in [-0.25, -0.2) is 0 Å². The molecular formula is C63H103N5O31. The first-order valence-corrected chi connectivity index (χ1v) is 33.6. The highest BCUT2D eigenvalue weighted by Crippen LogP contribution is 2.37. The molecule has 30 atom stereocenters. The van der Waals surface area contributed by atoms with Crippen LogP contribution in [-0.2, 0) is 76.0 Å². The third-order valence-corrected chi connectivity index (χ3v) is 18.2. The zero-order valence-electron chi connectivity index (χ0n) is 56.4. The Morgan fingerprint density at radius 3 is 1.27 bits per heavy atom.